The molecule has 3 rings (SSSR count). The Bertz CT molecular complexity index is 713. The number of rotatable bonds is 7. The molecule has 1 aliphatic rings. The first-order valence-electron chi connectivity index (χ1n) is 9.53. The fraction of sp³-hybridized carbons (Fsp3) is 0.476. The summed E-state index contributed by atoms with van der Waals surface area (Å²) in [5.41, 5.74) is 1.94. The Kier molecular flexibility index (Phi) is 6.76. The molecule has 1 aliphatic heterocycles. The maximum absolute atomic E-state index is 12.4. The molecule has 6 heteroatoms. The van der Waals surface area contributed by atoms with Crippen LogP contribution in [0.1, 0.15) is 28.8 Å². The molecule has 0 saturated carbocycles. The van der Waals surface area contributed by atoms with Gasteiger partial charge in [0.15, 0.2) is 0 Å². The van der Waals surface area contributed by atoms with Crippen molar-refractivity contribution in [3.05, 3.63) is 53.9 Å². The lowest BCUT2D eigenvalue weighted by Gasteiger charge is -2.34. The van der Waals surface area contributed by atoms with Crippen LogP contribution in [0.4, 0.5) is 0 Å². The van der Waals surface area contributed by atoms with Crippen LogP contribution in [-0.2, 0) is 6.42 Å². The number of aromatic nitrogens is 2. The summed E-state index contributed by atoms with van der Waals surface area (Å²) >= 11 is 0. The molecular weight excluding hydrogens is 340 g/mol. The number of likely N-dealkylation sites (tertiary alicyclic amines) is 1. The number of nitrogens with zero attached hydrogens (tertiary/aromatic N) is 4. The summed E-state index contributed by atoms with van der Waals surface area (Å²) in [5.74, 6) is 1.48. The quantitative estimate of drug-likeness (QED) is 0.752. The van der Waals surface area contributed by atoms with Gasteiger partial charge in [-0.15, -0.1) is 0 Å². The highest BCUT2D eigenvalue weighted by Crippen LogP contribution is 2.19. The van der Waals surface area contributed by atoms with Crippen molar-refractivity contribution in [3.8, 4) is 5.75 Å². The summed E-state index contributed by atoms with van der Waals surface area (Å²) in [4.78, 5) is 16.8. The molecule has 1 amide bonds. The fourth-order valence-electron chi connectivity index (χ4n) is 3.58. The van der Waals surface area contributed by atoms with Crippen molar-refractivity contribution in [2.75, 3.05) is 40.3 Å². The summed E-state index contributed by atoms with van der Waals surface area (Å²) in [7, 11) is 3.57. The molecule has 0 atom stereocenters. The van der Waals surface area contributed by atoms with Gasteiger partial charge in [0.05, 0.1) is 25.1 Å². The minimum atomic E-state index is 0.0202. The molecule has 1 aromatic carbocycles. The second kappa shape index (κ2) is 9.46. The minimum absolute atomic E-state index is 0.0202. The molecule has 2 heterocycles. The third-order valence-electron chi connectivity index (χ3n) is 5.29. The smallest absolute Gasteiger partial charge is 0.255 e. The molecule has 27 heavy (non-hydrogen) atoms. The van der Waals surface area contributed by atoms with Crippen molar-refractivity contribution in [2.24, 2.45) is 5.92 Å². The molecule has 1 fully saturated rings. The number of carbonyl (C=O) groups is 1. The number of hydrogen-bond acceptors (Lipinski definition) is 5. The molecule has 0 unspecified atom stereocenters. The lowest BCUT2D eigenvalue weighted by Crippen LogP contribution is -2.40. The van der Waals surface area contributed by atoms with Gasteiger partial charge in [0.1, 0.15) is 5.75 Å². The highest BCUT2D eigenvalue weighted by molar-refractivity contribution is 5.93. The second-order valence-electron chi connectivity index (χ2n) is 7.20. The van der Waals surface area contributed by atoms with E-state index in [1.54, 1.807) is 19.4 Å². The molecule has 0 radical (unpaired) electrons. The Balaban J connectivity index is 1.40. The molecule has 2 aromatic rings. The van der Waals surface area contributed by atoms with E-state index in [1.165, 1.54) is 11.8 Å². The van der Waals surface area contributed by atoms with Gasteiger partial charge in [-0.05, 0) is 62.0 Å². The van der Waals surface area contributed by atoms with Gasteiger partial charge >= 0.3 is 0 Å². The first-order valence-corrected chi connectivity index (χ1v) is 9.53. The summed E-state index contributed by atoms with van der Waals surface area (Å²) in [5, 5.41) is 7.52. The van der Waals surface area contributed by atoms with E-state index in [0.29, 0.717) is 11.5 Å². The second-order valence-corrected chi connectivity index (χ2v) is 7.20. The number of hydrogen-bond donors (Lipinski definition) is 0. The van der Waals surface area contributed by atoms with Crippen LogP contribution >= 0.6 is 0 Å². The molecule has 1 aromatic heterocycles. The molecule has 0 bridgehead atoms. The van der Waals surface area contributed by atoms with Crippen LogP contribution in [0.15, 0.2) is 42.7 Å². The van der Waals surface area contributed by atoms with Crippen LogP contribution in [0.3, 0.4) is 0 Å². The largest absolute Gasteiger partial charge is 0.497 e. The van der Waals surface area contributed by atoms with E-state index in [4.69, 9.17) is 4.74 Å². The summed E-state index contributed by atoms with van der Waals surface area (Å²) in [6, 6.07) is 10.0. The molecule has 1 saturated heterocycles. The van der Waals surface area contributed by atoms with Crippen molar-refractivity contribution in [1.29, 1.82) is 0 Å². The Morgan fingerprint density at radius 1 is 1.19 bits per heavy atom. The zero-order valence-electron chi connectivity index (χ0n) is 16.2. The van der Waals surface area contributed by atoms with Crippen LogP contribution in [0, 0.1) is 5.92 Å². The topological polar surface area (TPSA) is 58.6 Å². The normalized spacial score (nSPS) is 15.5. The molecule has 0 spiro atoms. The van der Waals surface area contributed by atoms with E-state index in [0.717, 1.165) is 51.2 Å². The van der Waals surface area contributed by atoms with E-state index < -0.39 is 0 Å². The number of ether oxygens (including phenoxy) is 1. The van der Waals surface area contributed by atoms with Crippen molar-refractivity contribution in [1.82, 2.24) is 20.0 Å². The summed E-state index contributed by atoms with van der Waals surface area (Å²) < 4.78 is 5.21. The summed E-state index contributed by atoms with van der Waals surface area (Å²) in [6.45, 7) is 4.07. The first-order chi connectivity index (χ1) is 13.2. The Morgan fingerprint density at radius 3 is 2.56 bits per heavy atom. The Labute approximate surface area is 161 Å². The van der Waals surface area contributed by atoms with E-state index in [1.807, 2.05) is 24.1 Å². The van der Waals surface area contributed by atoms with E-state index in [-0.39, 0.29) is 5.91 Å². The predicted molar refractivity (Wildman–Crippen MR) is 105 cm³/mol. The van der Waals surface area contributed by atoms with E-state index in [9.17, 15) is 4.79 Å². The monoisotopic (exact) mass is 368 g/mol. The number of piperidine rings is 1. The van der Waals surface area contributed by atoms with Gasteiger partial charge in [0, 0.05) is 20.1 Å². The van der Waals surface area contributed by atoms with Crippen molar-refractivity contribution in [2.45, 2.75) is 19.3 Å². The van der Waals surface area contributed by atoms with Gasteiger partial charge < -0.3 is 14.5 Å². The zero-order valence-corrected chi connectivity index (χ0v) is 16.2. The van der Waals surface area contributed by atoms with Crippen LogP contribution in [0.2, 0.25) is 0 Å². The summed E-state index contributed by atoms with van der Waals surface area (Å²) in [6.07, 6.45) is 6.41. The van der Waals surface area contributed by atoms with Gasteiger partial charge in [0.25, 0.3) is 5.91 Å². The van der Waals surface area contributed by atoms with Crippen LogP contribution < -0.4 is 4.74 Å². The average molecular weight is 368 g/mol. The van der Waals surface area contributed by atoms with Crippen molar-refractivity contribution >= 4 is 5.91 Å². The molecule has 0 N–H and O–H groups in total. The van der Waals surface area contributed by atoms with Crippen LogP contribution in [0.25, 0.3) is 0 Å². The number of methoxy groups -OCH3 is 1. The number of carbonyl (C=O) groups excluding carboxylic acids is 1. The van der Waals surface area contributed by atoms with Gasteiger partial charge in [0.2, 0.25) is 0 Å². The Morgan fingerprint density at radius 2 is 1.93 bits per heavy atom. The van der Waals surface area contributed by atoms with Crippen LogP contribution in [-0.4, -0.2) is 66.2 Å². The van der Waals surface area contributed by atoms with Gasteiger partial charge in [-0.1, -0.05) is 12.1 Å². The number of amides is 1. The van der Waals surface area contributed by atoms with Gasteiger partial charge in [-0.3, -0.25) is 4.79 Å². The maximum Gasteiger partial charge on any atom is 0.255 e. The van der Waals surface area contributed by atoms with Crippen molar-refractivity contribution in [3.63, 3.8) is 0 Å². The fourth-order valence-corrected chi connectivity index (χ4v) is 3.58. The lowest BCUT2D eigenvalue weighted by molar-refractivity contribution is 0.0739. The predicted octanol–water partition coefficient (Wildman–Crippen LogP) is 2.51. The molecule has 144 valence electrons. The highest BCUT2D eigenvalue weighted by atomic mass is 16.5. The average Bonchev–Trinajstić information content (AvgIpc) is 2.73. The molecular formula is C21H28N4O2. The van der Waals surface area contributed by atoms with Gasteiger partial charge in [-0.2, -0.15) is 10.2 Å². The standard InChI is InChI=1S/C21H28N4O2/c1-24(21(26)19-7-11-22-23-15-19)16-18-9-13-25(14-10-18)12-8-17-3-5-20(27-2)6-4-17/h3-7,11,15,18H,8-10,12-14,16H2,1-2H3. The maximum atomic E-state index is 12.4. The SMILES string of the molecule is COc1ccc(CCN2CCC(CN(C)C(=O)c3ccnnc3)CC2)cc1. The third-order valence-corrected chi connectivity index (χ3v) is 5.29. The number of benzene rings is 1. The van der Waals surface area contributed by atoms with Crippen LogP contribution in [0.5, 0.6) is 5.75 Å². The van der Waals surface area contributed by atoms with Crippen molar-refractivity contribution < 1.29 is 9.53 Å². The minimum Gasteiger partial charge on any atom is -0.497 e. The highest BCUT2D eigenvalue weighted by Gasteiger charge is 2.22. The van der Waals surface area contributed by atoms with Gasteiger partial charge in [-0.25, -0.2) is 0 Å². The third kappa shape index (κ3) is 5.50. The lowest BCUT2D eigenvalue weighted by atomic mass is 9.95. The Hall–Kier alpha value is -2.47. The van der Waals surface area contributed by atoms with E-state index in [2.05, 4.69) is 27.2 Å². The molecule has 0 aliphatic carbocycles. The zero-order chi connectivity index (χ0) is 19.1. The molecule has 6 nitrogen and oxygen atoms in total. The first kappa shape index (κ1) is 19.3. The van der Waals surface area contributed by atoms with E-state index >= 15 is 0 Å².